The van der Waals surface area contributed by atoms with Crippen molar-refractivity contribution in [1.29, 1.82) is 0 Å². The van der Waals surface area contributed by atoms with Crippen molar-refractivity contribution in [2.45, 2.75) is 30.7 Å². The van der Waals surface area contributed by atoms with E-state index in [1.807, 2.05) is 60.8 Å². The largest absolute Gasteiger partial charge is 0.481 e. The number of sulfone groups is 1. The molecule has 0 atom stereocenters. The van der Waals surface area contributed by atoms with Crippen LogP contribution in [-0.2, 0) is 34.0 Å². The molecule has 0 radical (unpaired) electrons. The van der Waals surface area contributed by atoms with Crippen LogP contribution in [0.2, 0.25) is 0 Å². The van der Waals surface area contributed by atoms with Gasteiger partial charge in [0.05, 0.1) is 17.2 Å². The maximum absolute atomic E-state index is 13.3. The number of fused-ring (bicyclic) bond motifs is 1. The van der Waals surface area contributed by atoms with Crippen LogP contribution in [0.4, 0.5) is 0 Å². The number of carboxylic acids is 1. The van der Waals surface area contributed by atoms with E-state index < -0.39 is 15.8 Å². The Bertz CT molecular complexity index is 1350. The van der Waals surface area contributed by atoms with Gasteiger partial charge in [0.25, 0.3) is 0 Å². The van der Waals surface area contributed by atoms with Gasteiger partial charge < -0.3 is 5.11 Å². The van der Waals surface area contributed by atoms with E-state index in [1.165, 1.54) is 0 Å². The zero-order chi connectivity index (χ0) is 22.6. The molecule has 0 saturated heterocycles. The molecule has 0 aliphatic carbocycles. The van der Waals surface area contributed by atoms with Gasteiger partial charge in [-0.3, -0.25) is 9.48 Å². The molecule has 7 heteroatoms. The van der Waals surface area contributed by atoms with Crippen LogP contribution >= 0.6 is 0 Å². The zero-order valence-electron chi connectivity index (χ0n) is 17.5. The van der Waals surface area contributed by atoms with E-state index in [2.05, 4.69) is 5.10 Å². The Morgan fingerprint density at radius 1 is 0.906 bits per heavy atom. The summed E-state index contributed by atoms with van der Waals surface area (Å²) in [5.74, 6) is -0.999. The molecular weight excluding hydrogens is 424 g/mol. The Morgan fingerprint density at radius 2 is 1.69 bits per heavy atom. The third-order valence-corrected chi connectivity index (χ3v) is 7.24. The summed E-state index contributed by atoms with van der Waals surface area (Å²) >= 11 is 0. The number of carboxylic acid groups (broad SMARTS) is 1. The number of hydrogen-bond donors (Lipinski definition) is 1. The highest BCUT2D eigenvalue weighted by Gasteiger charge is 2.20. The number of aliphatic carboxylic acids is 1. The smallest absolute Gasteiger partial charge is 0.303 e. The number of benzene rings is 3. The van der Waals surface area contributed by atoms with Crippen LogP contribution in [0.5, 0.6) is 0 Å². The van der Waals surface area contributed by atoms with E-state index in [0.29, 0.717) is 18.5 Å². The Labute approximate surface area is 187 Å². The molecule has 6 nitrogen and oxygen atoms in total. The van der Waals surface area contributed by atoms with E-state index in [9.17, 15) is 13.2 Å². The van der Waals surface area contributed by atoms with Crippen LogP contribution in [0.1, 0.15) is 23.1 Å². The highest BCUT2D eigenvalue weighted by atomic mass is 32.2. The summed E-state index contributed by atoms with van der Waals surface area (Å²) in [4.78, 5) is 11.3. The molecule has 0 saturated carbocycles. The van der Waals surface area contributed by atoms with Crippen LogP contribution < -0.4 is 0 Å². The number of hydrogen-bond acceptors (Lipinski definition) is 4. The van der Waals surface area contributed by atoms with Crippen molar-refractivity contribution in [3.8, 4) is 0 Å². The molecule has 0 aliphatic rings. The van der Waals surface area contributed by atoms with Crippen LogP contribution in [-0.4, -0.2) is 35.0 Å². The number of aryl methyl sites for hydroxylation is 2. The summed E-state index contributed by atoms with van der Waals surface area (Å²) in [5.41, 5.74) is 2.29. The molecule has 0 amide bonds. The van der Waals surface area contributed by atoms with Crippen molar-refractivity contribution >= 4 is 26.6 Å². The first-order valence-electron chi connectivity index (χ1n) is 10.4. The van der Waals surface area contributed by atoms with E-state index in [-0.39, 0.29) is 23.5 Å². The molecule has 32 heavy (non-hydrogen) atoms. The van der Waals surface area contributed by atoms with Crippen LogP contribution in [0.3, 0.4) is 0 Å². The first-order valence-corrected chi connectivity index (χ1v) is 12.1. The molecule has 0 spiro atoms. The molecule has 0 bridgehead atoms. The molecule has 1 aromatic heterocycles. The lowest BCUT2D eigenvalue weighted by atomic mass is 10.1. The second-order valence-electron chi connectivity index (χ2n) is 7.79. The van der Waals surface area contributed by atoms with Gasteiger partial charge in [0.1, 0.15) is 0 Å². The molecule has 0 fully saturated rings. The van der Waals surface area contributed by atoms with Crippen molar-refractivity contribution in [3.05, 3.63) is 95.8 Å². The number of carbonyl (C=O) groups is 1. The average molecular weight is 449 g/mol. The Balaban J connectivity index is 1.60. The van der Waals surface area contributed by atoms with Crippen molar-refractivity contribution in [2.75, 3.05) is 5.75 Å². The van der Waals surface area contributed by atoms with Gasteiger partial charge in [-0.15, -0.1) is 0 Å². The van der Waals surface area contributed by atoms with Crippen LogP contribution in [0.25, 0.3) is 10.8 Å². The fourth-order valence-electron chi connectivity index (χ4n) is 3.77. The van der Waals surface area contributed by atoms with Crippen molar-refractivity contribution in [3.63, 3.8) is 0 Å². The van der Waals surface area contributed by atoms with Gasteiger partial charge in [-0.2, -0.15) is 5.10 Å². The van der Waals surface area contributed by atoms with Crippen molar-refractivity contribution < 1.29 is 18.3 Å². The maximum atomic E-state index is 13.3. The third-order valence-electron chi connectivity index (χ3n) is 5.45. The minimum absolute atomic E-state index is 0.0450. The molecule has 1 heterocycles. The molecule has 0 unspecified atom stereocenters. The summed E-state index contributed by atoms with van der Waals surface area (Å²) < 4.78 is 28.4. The standard InChI is InChI=1S/C25H24N2O4S/c28-25(29)11-10-22-9-7-20(18-27-14-3-13-26-27)17-24(22)32(30,31)15-12-19-6-8-21-4-1-2-5-23(21)16-19/h1-9,13-14,16-17H,10-12,15,18H2,(H,28,29). The van der Waals surface area contributed by atoms with Crippen LogP contribution in [0, 0.1) is 0 Å². The van der Waals surface area contributed by atoms with Gasteiger partial charge in [-0.1, -0.05) is 54.6 Å². The van der Waals surface area contributed by atoms with Gasteiger partial charge in [0.2, 0.25) is 0 Å². The number of nitrogens with zero attached hydrogens (tertiary/aromatic N) is 2. The van der Waals surface area contributed by atoms with Gasteiger partial charge in [0.15, 0.2) is 9.84 Å². The lowest BCUT2D eigenvalue weighted by molar-refractivity contribution is -0.136. The SMILES string of the molecule is O=C(O)CCc1ccc(Cn2cccn2)cc1S(=O)(=O)CCc1ccc2ccccc2c1. The Kier molecular flexibility index (Phi) is 6.37. The molecule has 1 N–H and O–H groups in total. The van der Waals surface area contributed by atoms with Gasteiger partial charge in [-0.05, 0) is 52.4 Å². The molecule has 4 rings (SSSR count). The summed E-state index contributed by atoms with van der Waals surface area (Å²) in [6.07, 6.45) is 3.91. The second kappa shape index (κ2) is 9.36. The molecule has 0 aliphatic heterocycles. The lowest BCUT2D eigenvalue weighted by Gasteiger charge is -2.13. The van der Waals surface area contributed by atoms with Crippen molar-refractivity contribution in [1.82, 2.24) is 9.78 Å². The highest BCUT2D eigenvalue weighted by Crippen LogP contribution is 2.23. The Hall–Kier alpha value is -3.45. The predicted octanol–water partition coefficient (Wildman–Crippen LogP) is 4.12. The van der Waals surface area contributed by atoms with E-state index >= 15 is 0 Å². The summed E-state index contributed by atoms with van der Waals surface area (Å²) in [6.45, 7) is 0.444. The predicted molar refractivity (Wildman–Crippen MR) is 123 cm³/mol. The molecular formula is C25H24N2O4S. The van der Waals surface area contributed by atoms with Gasteiger partial charge in [0, 0.05) is 18.8 Å². The van der Waals surface area contributed by atoms with Crippen molar-refractivity contribution in [2.24, 2.45) is 0 Å². The monoisotopic (exact) mass is 448 g/mol. The normalized spacial score (nSPS) is 11.6. The van der Waals surface area contributed by atoms with E-state index in [1.54, 1.807) is 23.0 Å². The number of rotatable bonds is 9. The summed E-state index contributed by atoms with van der Waals surface area (Å²) in [5, 5.41) is 15.4. The molecule has 164 valence electrons. The van der Waals surface area contributed by atoms with E-state index in [4.69, 9.17) is 5.11 Å². The lowest BCUT2D eigenvalue weighted by Crippen LogP contribution is -2.13. The number of aromatic nitrogens is 2. The zero-order valence-corrected chi connectivity index (χ0v) is 18.3. The fourth-order valence-corrected chi connectivity index (χ4v) is 5.40. The first-order chi connectivity index (χ1) is 15.4. The van der Waals surface area contributed by atoms with Gasteiger partial charge >= 0.3 is 5.97 Å². The second-order valence-corrected chi connectivity index (χ2v) is 9.87. The third kappa shape index (κ3) is 5.23. The molecule has 4 aromatic rings. The quantitative estimate of drug-likeness (QED) is 0.416. The van der Waals surface area contributed by atoms with E-state index in [0.717, 1.165) is 21.9 Å². The summed E-state index contributed by atoms with van der Waals surface area (Å²) in [6, 6.07) is 21.0. The maximum Gasteiger partial charge on any atom is 0.303 e. The summed E-state index contributed by atoms with van der Waals surface area (Å²) in [7, 11) is -3.61. The fraction of sp³-hybridized carbons (Fsp3) is 0.200. The molecule has 3 aromatic carbocycles. The average Bonchev–Trinajstić information content (AvgIpc) is 3.29. The highest BCUT2D eigenvalue weighted by molar-refractivity contribution is 7.91. The first kappa shape index (κ1) is 21.8. The Morgan fingerprint density at radius 3 is 2.44 bits per heavy atom. The van der Waals surface area contributed by atoms with Gasteiger partial charge in [-0.25, -0.2) is 8.42 Å². The topological polar surface area (TPSA) is 89.3 Å². The minimum Gasteiger partial charge on any atom is -0.481 e. The minimum atomic E-state index is -3.61. The van der Waals surface area contributed by atoms with Crippen LogP contribution in [0.15, 0.2) is 84.0 Å².